The zero-order valence-corrected chi connectivity index (χ0v) is 16.6. The molecule has 0 unspecified atom stereocenters. The Morgan fingerprint density at radius 1 is 0.900 bits per heavy atom. The van der Waals surface area contributed by atoms with Gasteiger partial charge in [0.05, 0.1) is 5.69 Å². The van der Waals surface area contributed by atoms with Gasteiger partial charge in [-0.1, -0.05) is 29.8 Å². The van der Waals surface area contributed by atoms with Gasteiger partial charge in [-0.2, -0.15) is 4.98 Å². The summed E-state index contributed by atoms with van der Waals surface area (Å²) in [6, 6.07) is 14.0. The van der Waals surface area contributed by atoms with Crippen molar-refractivity contribution in [3.05, 3.63) is 86.9 Å². The molecule has 0 aliphatic carbocycles. The quantitative estimate of drug-likeness (QED) is 0.455. The molecule has 8 heteroatoms. The van der Waals surface area contributed by atoms with Crippen LogP contribution in [0.2, 0.25) is 0 Å². The molecule has 3 aromatic heterocycles. The Kier molecular flexibility index (Phi) is 3.79. The van der Waals surface area contributed by atoms with Gasteiger partial charge in [-0.25, -0.2) is 9.18 Å². The number of fused-ring (bicyclic) bond motifs is 3. The van der Waals surface area contributed by atoms with E-state index in [2.05, 4.69) is 4.98 Å². The van der Waals surface area contributed by atoms with Crippen molar-refractivity contribution in [2.75, 3.05) is 0 Å². The highest BCUT2D eigenvalue weighted by atomic mass is 19.1. The molecular formula is C22H18FN5O2. The van der Waals surface area contributed by atoms with E-state index < -0.39 is 11.2 Å². The number of benzene rings is 2. The van der Waals surface area contributed by atoms with E-state index in [1.807, 2.05) is 42.0 Å². The van der Waals surface area contributed by atoms with Gasteiger partial charge in [-0.05, 0) is 31.2 Å². The molecule has 0 saturated carbocycles. The number of hydrogen-bond donors (Lipinski definition) is 0. The standard InChI is InChI=1S/C22H18FN5O2/c1-13-4-6-14(7-5-13)17-12-27-18-19(25(2)22(30)26(3)20(18)29)24-21(27)28(17)16-10-8-15(23)9-11-16/h4-12H,1-3H3. The molecule has 150 valence electrons. The van der Waals surface area contributed by atoms with Crippen molar-refractivity contribution in [2.45, 2.75) is 6.92 Å². The van der Waals surface area contributed by atoms with Crippen LogP contribution in [0.3, 0.4) is 0 Å². The minimum Gasteiger partial charge on any atom is -0.279 e. The van der Waals surface area contributed by atoms with Crippen LogP contribution >= 0.6 is 0 Å². The number of rotatable bonds is 2. The van der Waals surface area contributed by atoms with Gasteiger partial charge in [0.15, 0.2) is 11.2 Å². The molecule has 0 N–H and O–H groups in total. The van der Waals surface area contributed by atoms with Crippen molar-refractivity contribution in [3.63, 3.8) is 0 Å². The largest absolute Gasteiger partial charge is 0.332 e. The van der Waals surface area contributed by atoms with Crippen molar-refractivity contribution in [1.29, 1.82) is 0 Å². The summed E-state index contributed by atoms with van der Waals surface area (Å²) in [6.45, 7) is 2.01. The Bertz CT molecular complexity index is 1550. The van der Waals surface area contributed by atoms with E-state index >= 15 is 0 Å². The Labute approximate surface area is 169 Å². The summed E-state index contributed by atoms with van der Waals surface area (Å²) >= 11 is 0. The zero-order chi connectivity index (χ0) is 21.2. The van der Waals surface area contributed by atoms with Crippen LogP contribution in [-0.4, -0.2) is 23.1 Å². The number of halogens is 1. The second-order valence-corrected chi connectivity index (χ2v) is 7.35. The Balaban J connectivity index is 1.95. The van der Waals surface area contributed by atoms with Crippen LogP contribution in [0.4, 0.5) is 4.39 Å². The van der Waals surface area contributed by atoms with Crippen molar-refractivity contribution < 1.29 is 4.39 Å². The third kappa shape index (κ3) is 2.46. The summed E-state index contributed by atoms with van der Waals surface area (Å²) in [5.74, 6) is 0.120. The smallest absolute Gasteiger partial charge is 0.279 e. The molecule has 2 aromatic carbocycles. The summed E-state index contributed by atoms with van der Waals surface area (Å²) in [5, 5.41) is 0. The van der Waals surface area contributed by atoms with E-state index in [9.17, 15) is 14.0 Å². The highest BCUT2D eigenvalue weighted by molar-refractivity contribution is 5.79. The average molecular weight is 403 g/mol. The SMILES string of the molecule is Cc1ccc(-c2cn3c4c(=O)n(C)c(=O)n(C)c4nc3n2-c2ccc(F)cc2)cc1. The number of nitrogens with zero attached hydrogens (tertiary/aromatic N) is 5. The molecule has 3 heterocycles. The minimum atomic E-state index is -0.444. The molecule has 0 atom stereocenters. The maximum absolute atomic E-state index is 13.6. The molecule has 7 nitrogen and oxygen atoms in total. The second kappa shape index (κ2) is 6.28. The number of hydrogen-bond acceptors (Lipinski definition) is 3. The Hall–Kier alpha value is -3.94. The third-order valence-electron chi connectivity index (χ3n) is 5.40. The summed E-state index contributed by atoms with van der Waals surface area (Å²) in [7, 11) is 3.03. The van der Waals surface area contributed by atoms with Gasteiger partial charge in [0.25, 0.3) is 5.56 Å². The van der Waals surface area contributed by atoms with E-state index in [1.165, 1.54) is 23.7 Å². The van der Waals surface area contributed by atoms with Crippen LogP contribution in [0.1, 0.15) is 5.56 Å². The first-order valence-electron chi connectivity index (χ1n) is 9.39. The molecule has 5 aromatic rings. The first kappa shape index (κ1) is 18.1. The van der Waals surface area contributed by atoms with Crippen LogP contribution in [0.5, 0.6) is 0 Å². The Morgan fingerprint density at radius 3 is 2.23 bits per heavy atom. The van der Waals surface area contributed by atoms with Gasteiger partial charge in [0.1, 0.15) is 5.82 Å². The fourth-order valence-corrected chi connectivity index (χ4v) is 3.74. The number of imidazole rings is 2. The molecule has 30 heavy (non-hydrogen) atoms. The van der Waals surface area contributed by atoms with Gasteiger partial charge in [-0.15, -0.1) is 0 Å². The van der Waals surface area contributed by atoms with Crippen molar-refractivity contribution in [2.24, 2.45) is 14.1 Å². The lowest BCUT2D eigenvalue weighted by Crippen LogP contribution is -2.37. The van der Waals surface area contributed by atoms with Crippen LogP contribution < -0.4 is 11.2 Å². The van der Waals surface area contributed by atoms with Gasteiger partial charge in [-0.3, -0.25) is 22.9 Å². The summed E-state index contributed by atoms with van der Waals surface area (Å²) in [6.07, 6.45) is 1.82. The van der Waals surface area contributed by atoms with Crippen LogP contribution in [0.25, 0.3) is 33.9 Å². The summed E-state index contributed by atoms with van der Waals surface area (Å²) in [5.41, 5.74) is 3.27. The van der Waals surface area contributed by atoms with Crippen molar-refractivity contribution >= 4 is 16.9 Å². The molecular weight excluding hydrogens is 385 g/mol. The highest BCUT2D eigenvalue weighted by Crippen LogP contribution is 2.29. The molecule has 0 fully saturated rings. The fourth-order valence-electron chi connectivity index (χ4n) is 3.74. The summed E-state index contributed by atoms with van der Waals surface area (Å²) in [4.78, 5) is 29.9. The second-order valence-electron chi connectivity index (χ2n) is 7.35. The van der Waals surface area contributed by atoms with Crippen LogP contribution in [-0.2, 0) is 14.1 Å². The van der Waals surface area contributed by atoms with Gasteiger partial charge >= 0.3 is 5.69 Å². The normalized spacial score (nSPS) is 11.6. The monoisotopic (exact) mass is 403 g/mol. The zero-order valence-electron chi connectivity index (χ0n) is 16.6. The predicted octanol–water partition coefficient (Wildman–Crippen LogP) is 2.79. The van der Waals surface area contributed by atoms with E-state index in [0.29, 0.717) is 22.6 Å². The minimum absolute atomic E-state index is 0.296. The van der Waals surface area contributed by atoms with Crippen LogP contribution in [0, 0.1) is 12.7 Å². The number of aryl methyl sites for hydroxylation is 2. The lowest BCUT2D eigenvalue weighted by Gasteiger charge is -2.09. The first-order chi connectivity index (χ1) is 14.4. The van der Waals surface area contributed by atoms with Gasteiger partial charge in [0, 0.05) is 31.5 Å². The fraction of sp³-hybridized carbons (Fsp3) is 0.136. The maximum Gasteiger partial charge on any atom is 0.332 e. The number of aromatic nitrogens is 5. The van der Waals surface area contributed by atoms with E-state index in [-0.39, 0.29) is 5.82 Å². The van der Waals surface area contributed by atoms with Crippen molar-refractivity contribution in [1.82, 2.24) is 23.1 Å². The van der Waals surface area contributed by atoms with E-state index in [0.717, 1.165) is 21.4 Å². The van der Waals surface area contributed by atoms with Crippen molar-refractivity contribution in [3.8, 4) is 16.9 Å². The molecule has 0 amide bonds. The van der Waals surface area contributed by atoms with Gasteiger partial charge in [0.2, 0.25) is 5.78 Å². The molecule has 0 aliphatic rings. The van der Waals surface area contributed by atoms with E-state index in [1.54, 1.807) is 23.6 Å². The average Bonchev–Trinajstić information content (AvgIpc) is 3.28. The van der Waals surface area contributed by atoms with Crippen LogP contribution in [0.15, 0.2) is 64.3 Å². The molecule has 0 saturated heterocycles. The lowest BCUT2D eigenvalue weighted by molar-refractivity contribution is 0.627. The predicted molar refractivity (Wildman–Crippen MR) is 113 cm³/mol. The molecule has 0 spiro atoms. The lowest BCUT2D eigenvalue weighted by atomic mass is 10.1. The molecule has 0 radical (unpaired) electrons. The first-order valence-corrected chi connectivity index (χ1v) is 9.39. The van der Waals surface area contributed by atoms with E-state index in [4.69, 9.17) is 0 Å². The molecule has 0 bridgehead atoms. The topological polar surface area (TPSA) is 66.2 Å². The highest BCUT2D eigenvalue weighted by Gasteiger charge is 2.21. The van der Waals surface area contributed by atoms with Gasteiger partial charge < -0.3 is 0 Å². The molecule has 5 rings (SSSR count). The Morgan fingerprint density at radius 2 is 1.57 bits per heavy atom. The maximum atomic E-state index is 13.6. The third-order valence-corrected chi connectivity index (χ3v) is 5.40. The summed E-state index contributed by atoms with van der Waals surface area (Å²) < 4.78 is 19.5. The molecule has 0 aliphatic heterocycles.